The molecule has 1 aliphatic heterocycles. The smallest absolute Gasteiger partial charge is 0.254 e. The largest absolute Gasteiger partial charge is 0.495 e. The number of rotatable bonds is 4. The topological polar surface area (TPSA) is 90.6 Å². The SMILES string of the molecule is COc1cc(-c2ccc(C(=O)N3CCOC(c4cccnc4)C3)cc2)c(N)nc1C. The van der Waals surface area contributed by atoms with Crippen molar-refractivity contribution in [2.75, 3.05) is 32.5 Å². The van der Waals surface area contributed by atoms with Crippen LogP contribution in [0.15, 0.2) is 54.9 Å². The Balaban J connectivity index is 1.52. The number of anilines is 1. The zero-order valence-electron chi connectivity index (χ0n) is 17.0. The Bertz CT molecular complexity index is 1040. The summed E-state index contributed by atoms with van der Waals surface area (Å²) in [6, 6.07) is 13.1. The maximum atomic E-state index is 13.0. The van der Waals surface area contributed by atoms with Gasteiger partial charge in [-0.05, 0) is 36.8 Å². The first kappa shape index (κ1) is 19.8. The third-order valence-electron chi connectivity index (χ3n) is 5.27. The van der Waals surface area contributed by atoms with E-state index in [0.29, 0.717) is 36.8 Å². The molecule has 0 spiro atoms. The predicted octanol–water partition coefficient (Wildman–Crippen LogP) is 3.26. The second-order valence-corrected chi connectivity index (χ2v) is 7.18. The lowest BCUT2D eigenvalue weighted by atomic mass is 10.0. The number of hydrogen-bond donors (Lipinski definition) is 1. The number of nitrogens with two attached hydrogens (primary N) is 1. The molecule has 154 valence electrons. The normalized spacial score (nSPS) is 16.3. The van der Waals surface area contributed by atoms with Gasteiger partial charge in [0.15, 0.2) is 0 Å². The van der Waals surface area contributed by atoms with Crippen LogP contribution in [0, 0.1) is 6.92 Å². The molecule has 0 bridgehead atoms. The van der Waals surface area contributed by atoms with Gasteiger partial charge in [-0.25, -0.2) is 4.98 Å². The van der Waals surface area contributed by atoms with Crippen molar-refractivity contribution in [1.82, 2.24) is 14.9 Å². The molecule has 30 heavy (non-hydrogen) atoms. The Hall–Kier alpha value is -3.45. The number of methoxy groups -OCH3 is 1. The van der Waals surface area contributed by atoms with Gasteiger partial charge < -0.3 is 20.1 Å². The quantitative estimate of drug-likeness (QED) is 0.718. The zero-order valence-corrected chi connectivity index (χ0v) is 17.0. The van der Waals surface area contributed by atoms with Crippen molar-refractivity contribution < 1.29 is 14.3 Å². The molecule has 4 rings (SSSR count). The van der Waals surface area contributed by atoms with Gasteiger partial charge in [0, 0.05) is 35.6 Å². The van der Waals surface area contributed by atoms with E-state index in [1.807, 2.05) is 54.3 Å². The fourth-order valence-electron chi connectivity index (χ4n) is 3.62. The summed E-state index contributed by atoms with van der Waals surface area (Å²) in [5.41, 5.74) is 10.1. The molecule has 3 aromatic rings. The van der Waals surface area contributed by atoms with Crippen molar-refractivity contribution in [3.63, 3.8) is 0 Å². The number of nitrogens with zero attached hydrogens (tertiary/aromatic N) is 3. The number of benzene rings is 1. The zero-order chi connectivity index (χ0) is 21.1. The number of nitrogen functional groups attached to an aromatic ring is 1. The van der Waals surface area contributed by atoms with Gasteiger partial charge in [-0.3, -0.25) is 9.78 Å². The van der Waals surface area contributed by atoms with Crippen LogP contribution < -0.4 is 10.5 Å². The molecular weight excluding hydrogens is 380 g/mol. The molecule has 1 atom stereocenters. The summed E-state index contributed by atoms with van der Waals surface area (Å²) in [6.45, 7) is 3.40. The fourth-order valence-corrected chi connectivity index (χ4v) is 3.62. The van der Waals surface area contributed by atoms with E-state index in [2.05, 4.69) is 9.97 Å². The van der Waals surface area contributed by atoms with Gasteiger partial charge >= 0.3 is 0 Å². The third kappa shape index (κ3) is 3.97. The van der Waals surface area contributed by atoms with Crippen molar-refractivity contribution in [3.8, 4) is 16.9 Å². The second kappa shape index (κ2) is 8.51. The molecule has 1 fully saturated rings. The average Bonchev–Trinajstić information content (AvgIpc) is 2.79. The van der Waals surface area contributed by atoms with E-state index >= 15 is 0 Å². The standard InChI is InChI=1S/C23H24N4O3/c1-15-20(29-2)12-19(22(24)26-15)16-5-7-17(8-6-16)23(28)27-10-11-30-21(14-27)18-4-3-9-25-13-18/h3-9,12-13,21H,10-11,14H2,1-2H3,(H2,24,26). The molecule has 7 nitrogen and oxygen atoms in total. The van der Waals surface area contributed by atoms with Crippen LogP contribution in [-0.2, 0) is 4.74 Å². The van der Waals surface area contributed by atoms with Crippen LogP contribution in [0.5, 0.6) is 5.75 Å². The van der Waals surface area contributed by atoms with E-state index < -0.39 is 0 Å². The minimum absolute atomic E-state index is 0.0219. The van der Waals surface area contributed by atoms with Crippen molar-refractivity contribution in [1.29, 1.82) is 0 Å². The van der Waals surface area contributed by atoms with Gasteiger partial charge in [-0.15, -0.1) is 0 Å². The summed E-state index contributed by atoms with van der Waals surface area (Å²) in [5.74, 6) is 1.08. The van der Waals surface area contributed by atoms with Crippen molar-refractivity contribution in [2.24, 2.45) is 0 Å². The van der Waals surface area contributed by atoms with Gasteiger partial charge in [0.25, 0.3) is 5.91 Å². The fraction of sp³-hybridized carbons (Fsp3) is 0.261. The van der Waals surface area contributed by atoms with E-state index in [1.54, 1.807) is 19.5 Å². The number of ether oxygens (including phenoxy) is 2. The maximum absolute atomic E-state index is 13.0. The molecule has 2 N–H and O–H groups in total. The van der Waals surface area contributed by atoms with Crippen LogP contribution in [0.2, 0.25) is 0 Å². The lowest BCUT2D eigenvalue weighted by molar-refractivity contribution is -0.0229. The highest BCUT2D eigenvalue weighted by molar-refractivity contribution is 5.95. The Morgan fingerprint density at radius 3 is 2.77 bits per heavy atom. The molecular formula is C23H24N4O3. The number of aromatic nitrogens is 2. The second-order valence-electron chi connectivity index (χ2n) is 7.18. The van der Waals surface area contributed by atoms with Gasteiger partial charge in [0.1, 0.15) is 17.7 Å². The average molecular weight is 404 g/mol. The molecule has 1 saturated heterocycles. The van der Waals surface area contributed by atoms with Crippen LogP contribution in [0.25, 0.3) is 11.1 Å². The Morgan fingerprint density at radius 1 is 1.27 bits per heavy atom. The van der Waals surface area contributed by atoms with Crippen molar-refractivity contribution >= 4 is 11.7 Å². The molecule has 0 saturated carbocycles. The van der Waals surface area contributed by atoms with Crippen LogP contribution in [-0.4, -0.2) is 47.6 Å². The van der Waals surface area contributed by atoms with E-state index in [0.717, 1.165) is 22.4 Å². The van der Waals surface area contributed by atoms with Crippen molar-refractivity contribution in [3.05, 3.63) is 71.7 Å². The van der Waals surface area contributed by atoms with E-state index in [1.165, 1.54) is 0 Å². The van der Waals surface area contributed by atoms with Gasteiger partial charge in [0.2, 0.25) is 0 Å². The number of morpholine rings is 1. The highest BCUT2D eigenvalue weighted by atomic mass is 16.5. The van der Waals surface area contributed by atoms with E-state index in [9.17, 15) is 4.79 Å². The lowest BCUT2D eigenvalue weighted by Crippen LogP contribution is -2.42. The number of aryl methyl sites for hydroxylation is 1. The van der Waals surface area contributed by atoms with Gasteiger partial charge in [-0.1, -0.05) is 18.2 Å². The van der Waals surface area contributed by atoms with E-state index in [4.69, 9.17) is 15.2 Å². The number of pyridine rings is 2. The summed E-state index contributed by atoms with van der Waals surface area (Å²) in [4.78, 5) is 23.3. The first-order valence-corrected chi connectivity index (χ1v) is 9.79. The third-order valence-corrected chi connectivity index (χ3v) is 5.27. The van der Waals surface area contributed by atoms with Crippen LogP contribution >= 0.6 is 0 Å². The molecule has 3 heterocycles. The number of carbonyl (C=O) groups is 1. The minimum Gasteiger partial charge on any atom is -0.495 e. The minimum atomic E-state index is -0.165. The first-order valence-electron chi connectivity index (χ1n) is 9.79. The van der Waals surface area contributed by atoms with Crippen LogP contribution in [0.1, 0.15) is 27.7 Å². The van der Waals surface area contributed by atoms with Crippen LogP contribution in [0.3, 0.4) is 0 Å². The number of amides is 1. The van der Waals surface area contributed by atoms with Crippen molar-refractivity contribution in [2.45, 2.75) is 13.0 Å². The Labute approximate surface area is 175 Å². The summed E-state index contributed by atoms with van der Waals surface area (Å²) in [7, 11) is 1.60. The molecule has 1 aliphatic rings. The highest BCUT2D eigenvalue weighted by Crippen LogP contribution is 2.31. The number of carbonyl (C=O) groups excluding carboxylic acids is 1. The maximum Gasteiger partial charge on any atom is 0.254 e. The van der Waals surface area contributed by atoms with Crippen LogP contribution in [0.4, 0.5) is 5.82 Å². The Morgan fingerprint density at radius 2 is 2.07 bits per heavy atom. The molecule has 2 aromatic heterocycles. The monoisotopic (exact) mass is 404 g/mol. The lowest BCUT2D eigenvalue weighted by Gasteiger charge is -2.33. The summed E-state index contributed by atoms with van der Waals surface area (Å²) >= 11 is 0. The van der Waals surface area contributed by atoms with Gasteiger partial charge in [-0.2, -0.15) is 0 Å². The highest BCUT2D eigenvalue weighted by Gasteiger charge is 2.26. The molecule has 1 aromatic carbocycles. The molecule has 1 amide bonds. The summed E-state index contributed by atoms with van der Waals surface area (Å²) < 4.78 is 11.2. The predicted molar refractivity (Wildman–Crippen MR) is 114 cm³/mol. The van der Waals surface area contributed by atoms with E-state index in [-0.39, 0.29) is 12.0 Å². The molecule has 7 heteroatoms. The molecule has 1 unspecified atom stereocenters. The molecule has 0 radical (unpaired) electrons. The number of hydrogen-bond acceptors (Lipinski definition) is 6. The summed E-state index contributed by atoms with van der Waals surface area (Å²) in [6.07, 6.45) is 3.34. The first-order chi connectivity index (χ1) is 14.6. The van der Waals surface area contributed by atoms with Gasteiger partial charge in [0.05, 0.1) is 26.0 Å². The Kier molecular flexibility index (Phi) is 5.63. The molecule has 0 aliphatic carbocycles. The summed E-state index contributed by atoms with van der Waals surface area (Å²) in [5, 5.41) is 0.